The molecule has 3 aliphatic carbocycles. The SMILES string of the molecule is COC(=O)C1(C(=O)OC)CC2=C(C1)[C@]1(CCC[C@H]1NS(=O)C(C)(C)C)C(C(=O)OC)(C(=O)OC)CC2. The van der Waals surface area contributed by atoms with E-state index >= 15 is 0 Å². The Morgan fingerprint density at radius 3 is 1.86 bits per heavy atom. The summed E-state index contributed by atoms with van der Waals surface area (Å²) < 4.78 is 36.3. The Morgan fingerprint density at radius 2 is 1.39 bits per heavy atom. The molecule has 1 fully saturated rings. The fraction of sp³-hybridized carbons (Fsp3) is 0.760. The minimum Gasteiger partial charge on any atom is -0.468 e. The van der Waals surface area contributed by atoms with E-state index in [0.717, 1.165) is 5.57 Å². The number of carbonyl (C=O) groups excluding carboxylic acids is 4. The number of fused-ring (bicyclic) bond motifs is 1. The highest BCUT2D eigenvalue weighted by Crippen LogP contribution is 2.68. The van der Waals surface area contributed by atoms with Gasteiger partial charge in [0.25, 0.3) is 0 Å². The average Bonchev–Trinajstić information content (AvgIpc) is 3.45. The second kappa shape index (κ2) is 9.89. The molecule has 1 N–H and O–H groups in total. The molecule has 0 radical (unpaired) electrons. The second-order valence-corrected chi connectivity index (χ2v) is 12.8. The van der Waals surface area contributed by atoms with Crippen LogP contribution in [0.2, 0.25) is 0 Å². The van der Waals surface area contributed by atoms with Crippen molar-refractivity contribution in [3.8, 4) is 0 Å². The summed E-state index contributed by atoms with van der Waals surface area (Å²) in [4.78, 5) is 53.2. The zero-order valence-corrected chi connectivity index (χ0v) is 22.9. The molecule has 1 unspecified atom stereocenters. The zero-order chi connectivity index (χ0) is 27.1. The van der Waals surface area contributed by atoms with Gasteiger partial charge in [-0.2, -0.15) is 0 Å². The van der Waals surface area contributed by atoms with Crippen molar-refractivity contribution in [3.63, 3.8) is 0 Å². The molecule has 0 heterocycles. The normalized spacial score (nSPS) is 27.2. The first-order valence-electron chi connectivity index (χ1n) is 12.1. The van der Waals surface area contributed by atoms with E-state index in [-0.39, 0.29) is 25.7 Å². The number of rotatable bonds is 6. The summed E-state index contributed by atoms with van der Waals surface area (Å²) in [7, 11) is 3.33. The molecule has 1 spiro atoms. The van der Waals surface area contributed by atoms with E-state index in [1.165, 1.54) is 28.4 Å². The van der Waals surface area contributed by atoms with Crippen LogP contribution in [0.1, 0.15) is 65.7 Å². The van der Waals surface area contributed by atoms with Crippen LogP contribution in [-0.2, 0) is 49.1 Å². The van der Waals surface area contributed by atoms with Crippen LogP contribution < -0.4 is 4.72 Å². The zero-order valence-electron chi connectivity index (χ0n) is 22.1. The van der Waals surface area contributed by atoms with Gasteiger partial charge in [0.15, 0.2) is 10.8 Å². The van der Waals surface area contributed by atoms with E-state index in [1.54, 1.807) is 0 Å². The molecule has 0 amide bonds. The van der Waals surface area contributed by atoms with Crippen molar-refractivity contribution in [1.82, 2.24) is 4.72 Å². The predicted octanol–water partition coefficient (Wildman–Crippen LogP) is 2.13. The Morgan fingerprint density at radius 1 is 0.861 bits per heavy atom. The van der Waals surface area contributed by atoms with Gasteiger partial charge in [-0.25, -0.2) is 8.93 Å². The lowest BCUT2D eigenvalue weighted by atomic mass is 9.51. The van der Waals surface area contributed by atoms with E-state index in [4.69, 9.17) is 18.9 Å². The monoisotopic (exact) mass is 527 g/mol. The molecule has 10 nitrogen and oxygen atoms in total. The van der Waals surface area contributed by atoms with Crippen LogP contribution in [0.5, 0.6) is 0 Å². The van der Waals surface area contributed by atoms with Crippen LogP contribution >= 0.6 is 0 Å². The van der Waals surface area contributed by atoms with Crippen LogP contribution in [0.15, 0.2) is 11.1 Å². The van der Waals surface area contributed by atoms with Crippen molar-refractivity contribution >= 4 is 34.9 Å². The van der Waals surface area contributed by atoms with Crippen molar-refractivity contribution in [2.45, 2.75) is 76.5 Å². The van der Waals surface area contributed by atoms with E-state index in [1.807, 2.05) is 20.8 Å². The smallest absolute Gasteiger partial charge is 0.324 e. The third-order valence-corrected chi connectivity index (χ3v) is 9.82. The van der Waals surface area contributed by atoms with Gasteiger partial charge in [0.1, 0.15) is 0 Å². The molecule has 1 saturated carbocycles. The molecule has 0 bridgehead atoms. The lowest BCUT2D eigenvalue weighted by molar-refractivity contribution is -0.181. The van der Waals surface area contributed by atoms with E-state index in [9.17, 15) is 23.4 Å². The van der Waals surface area contributed by atoms with Gasteiger partial charge < -0.3 is 18.9 Å². The number of allylic oxidation sites excluding steroid dienone is 1. The Hall–Kier alpha value is -2.27. The van der Waals surface area contributed by atoms with Crippen LogP contribution in [0.25, 0.3) is 0 Å². The van der Waals surface area contributed by atoms with Crippen molar-refractivity contribution < 1.29 is 42.3 Å². The van der Waals surface area contributed by atoms with Gasteiger partial charge in [-0.1, -0.05) is 17.6 Å². The Kier molecular flexibility index (Phi) is 7.77. The second-order valence-electron chi connectivity index (χ2n) is 10.8. The van der Waals surface area contributed by atoms with Gasteiger partial charge in [-0.05, 0) is 59.3 Å². The third-order valence-electron chi connectivity index (χ3n) is 8.21. The van der Waals surface area contributed by atoms with Gasteiger partial charge in [-0.3, -0.25) is 19.2 Å². The number of esters is 4. The molecule has 0 aliphatic heterocycles. The fourth-order valence-electron chi connectivity index (χ4n) is 6.60. The minimum absolute atomic E-state index is 0.0664. The van der Waals surface area contributed by atoms with Gasteiger partial charge in [0, 0.05) is 11.5 Å². The molecule has 0 aromatic heterocycles. The summed E-state index contributed by atoms with van der Waals surface area (Å²) in [5.74, 6) is -2.96. The van der Waals surface area contributed by atoms with Gasteiger partial charge in [0.05, 0.1) is 44.2 Å². The highest BCUT2D eigenvalue weighted by atomic mass is 32.2. The lowest BCUT2D eigenvalue weighted by Crippen LogP contribution is -2.63. The van der Waals surface area contributed by atoms with Crippen LogP contribution in [-0.4, -0.2) is 67.3 Å². The van der Waals surface area contributed by atoms with Crippen molar-refractivity contribution in [1.29, 1.82) is 0 Å². The van der Waals surface area contributed by atoms with Gasteiger partial charge in [0.2, 0.25) is 0 Å². The summed E-state index contributed by atoms with van der Waals surface area (Å²) >= 11 is 0. The maximum absolute atomic E-state index is 13.6. The van der Waals surface area contributed by atoms with Gasteiger partial charge >= 0.3 is 23.9 Å². The molecule has 36 heavy (non-hydrogen) atoms. The third kappa shape index (κ3) is 3.89. The summed E-state index contributed by atoms with van der Waals surface area (Å²) in [5, 5.41) is 0. The molecular weight excluding hydrogens is 490 g/mol. The molecule has 202 valence electrons. The number of carbonyl (C=O) groups is 4. The topological polar surface area (TPSA) is 134 Å². The molecule has 0 aromatic rings. The highest BCUT2D eigenvalue weighted by Gasteiger charge is 2.73. The molecule has 0 aromatic carbocycles. The van der Waals surface area contributed by atoms with Crippen LogP contribution in [0, 0.1) is 16.2 Å². The Balaban J connectivity index is 2.29. The first-order chi connectivity index (χ1) is 16.8. The van der Waals surface area contributed by atoms with Gasteiger partial charge in [-0.15, -0.1) is 0 Å². The number of ether oxygens (including phenoxy) is 4. The Labute approximate surface area is 214 Å². The predicted molar refractivity (Wildman–Crippen MR) is 130 cm³/mol. The summed E-state index contributed by atoms with van der Waals surface area (Å²) in [6, 6.07) is -0.577. The lowest BCUT2D eigenvalue weighted by Gasteiger charge is -2.52. The number of hydrogen-bond donors (Lipinski definition) is 1. The molecular formula is C25H37NO9S. The van der Waals surface area contributed by atoms with Crippen molar-refractivity contribution in [2.75, 3.05) is 28.4 Å². The standard InChI is InChI=1S/C25H37NO9S/c1-22(2,3)36(31)26-17-9-8-11-24(17)16-14-23(18(27)32-4,19(28)33-5)13-15(16)10-12-25(24,20(29)34-6)21(30)35-7/h17,26H,8-14H2,1-7H3/t17-,24+,36?/m1/s1. The maximum atomic E-state index is 13.6. The molecule has 11 heteroatoms. The number of nitrogens with one attached hydrogen (secondary N) is 1. The molecule has 3 atom stereocenters. The quantitative estimate of drug-likeness (QED) is 0.239. The highest BCUT2D eigenvalue weighted by molar-refractivity contribution is 7.84. The Bertz CT molecular complexity index is 979. The van der Waals surface area contributed by atoms with E-state index < -0.39 is 61.9 Å². The molecule has 3 rings (SSSR count). The van der Waals surface area contributed by atoms with E-state index in [0.29, 0.717) is 24.8 Å². The summed E-state index contributed by atoms with van der Waals surface area (Å²) in [5.41, 5.74) is -3.12. The van der Waals surface area contributed by atoms with Crippen molar-refractivity contribution in [3.05, 3.63) is 11.1 Å². The first kappa shape index (κ1) is 28.3. The molecule has 3 aliphatic rings. The van der Waals surface area contributed by atoms with Crippen LogP contribution in [0.3, 0.4) is 0 Å². The largest absolute Gasteiger partial charge is 0.468 e. The maximum Gasteiger partial charge on any atom is 0.324 e. The summed E-state index contributed by atoms with van der Waals surface area (Å²) in [6.07, 6.45) is 1.88. The first-order valence-corrected chi connectivity index (χ1v) is 13.2. The minimum atomic E-state index is -1.74. The van der Waals surface area contributed by atoms with Crippen LogP contribution in [0.4, 0.5) is 0 Å². The summed E-state index contributed by atoms with van der Waals surface area (Å²) in [6.45, 7) is 5.48. The number of methoxy groups -OCH3 is 4. The van der Waals surface area contributed by atoms with E-state index in [2.05, 4.69) is 4.72 Å². The fourth-order valence-corrected chi connectivity index (χ4v) is 7.53. The molecule has 0 saturated heterocycles. The average molecular weight is 528 g/mol. The van der Waals surface area contributed by atoms with Crippen molar-refractivity contribution in [2.24, 2.45) is 16.2 Å². The number of hydrogen-bond acceptors (Lipinski definition) is 9.